The third kappa shape index (κ3) is 3.66. The van der Waals surface area contributed by atoms with E-state index in [1.807, 2.05) is 30.3 Å². The van der Waals surface area contributed by atoms with Crippen LogP contribution in [0.4, 0.5) is 0 Å². The zero-order valence-electron chi connectivity index (χ0n) is 20.5. The minimum absolute atomic E-state index is 0.0287. The van der Waals surface area contributed by atoms with Crippen molar-refractivity contribution in [3.8, 4) is 0 Å². The second kappa shape index (κ2) is 8.62. The Morgan fingerprint density at radius 3 is 2.44 bits per heavy atom. The van der Waals surface area contributed by atoms with Crippen molar-refractivity contribution >= 4 is 27.9 Å². The number of alkyl halides is 1. The molecule has 1 N–H and O–H groups in total. The minimum Gasteiger partial charge on any atom is -0.462 e. The molecule has 186 valence electrons. The van der Waals surface area contributed by atoms with Crippen LogP contribution in [0.3, 0.4) is 0 Å². The van der Waals surface area contributed by atoms with Gasteiger partial charge in [-0.25, -0.2) is 4.79 Å². The van der Waals surface area contributed by atoms with Crippen LogP contribution in [-0.4, -0.2) is 39.7 Å². The molecular formula is C28H37BrO5. The Kier molecular flexibility index (Phi) is 6.16. The average Bonchev–Trinajstić information content (AvgIpc) is 3.12. The largest absolute Gasteiger partial charge is 0.462 e. The van der Waals surface area contributed by atoms with Gasteiger partial charge in [-0.1, -0.05) is 48.0 Å². The summed E-state index contributed by atoms with van der Waals surface area (Å²) in [7, 11) is 0. The second-order valence-corrected chi connectivity index (χ2v) is 12.9. The molecule has 9 atom stereocenters. The van der Waals surface area contributed by atoms with Crippen LogP contribution in [0.15, 0.2) is 30.3 Å². The highest BCUT2D eigenvalue weighted by atomic mass is 79.9. The maximum atomic E-state index is 12.8. The molecule has 5 nitrogen and oxygen atoms in total. The van der Waals surface area contributed by atoms with Gasteiger partial charge in [-0.05, 0) is 74.8 Å². The van der Waals surface area contributed by atoms with Gasteiger partial charge in [0.15, 0.2) is 0 Å². The molecule has 0 aromatic heterocycles. The Hall–Kier alpha value is -1.40. The lowest BCUT2D eigenvalue weighted by Gasteiger charge is -2.65. The van der Waals surface area contributed by atoms with Crippen LogP contribution in [0.5, 0.6) is 0 Å². The summed E-state index contributed by atoms with van der Waals surface area (Å²) in [5.74, 6) is 0.895. The summed E-state index contributed by atoms with van der Waals surface area (Å²) in [5, 5.41) is 12.0. The number of rotatable bonds is 3. The molecule has 0 spiro atoms. The van der Waals surface area contributed by atoms with E-state index in [1.165, 1.54) is 6.92 Å². The van der Waals surface area contributed by atoms with Crippen molar-refractivity contribution in [2.45, 2.75) is 94.8 Å². The fraction of sp³-hybridized carbons (Fsp3) is 0.714. The molecule has 4 fully saturated rings. The molecule has 1 aromatic carbocycles. The third-order valence-electron chi connectivity index (χ3n) is 10.3. The Morgan fingerprint density at radius 1 is 1.00 bits per heavy atom. The topological polar surface area (TPSA) is 72.8 Å². The summed E-state index contributed by atoms with van der Waals surface area (Å²) in [4.78, 5) is 24.4. The van der Waals surface area contributed by atoms with E-state index in [-0.39, 0.29) is 39.8 Å². The van der Waals surface area contributed by atoms with Crippen molar-refractivity contribution in [3.63, 3.8) is 0 Å². The van der Waals surface area contributed by atoms with Crippen molar-refractivity contribution in [3.05, 3.63) is 35.9 Å². The molecule has 0 radical (unpaired) electrons. The number of hydrogen-bond donors (Lipinski definition) is 1. The first-order chi connectivity index (χ1) is 16.1. The lowest BCUT2D eigenvalue weighted by Crippen LogP contribution is -2.67. The molecule has 1 aromatic rings. The summed E-state index contributed by atoms with van der Waals surface area (Å²) in [6.45, 7) is 6.05. The lowest BCUT2D eigenvalue weighted by molar-refractivity contribution is -0.220. The maximum absolute atomic E-state index is 12.8. The summed E-state index contributed by atoms with van der Waals surface area (Å²) in [5.41, 5.74) is -0.526. The van der Waals surface area contributed by atoms with Crippen molar-refractivity contribution < 1.29 is 24.2 Å². The molecule has 0 amide bonds. The van der Waals surface area contributed by atoms with Gasteiger partial charge < -0.3 is 14.6 Å². The van der Waals surface area contributed by atoms with E-state index in [1.54, 1.807) is 0 Å². The molecule has 4 aliphatic rings. The SMILES string of the molecule is CC(=O)OC1CCC2(C)C3CCC4(C)C(OC(=O)c5ccccc5)CCC4C3CC(Br)[C@]2(O)C1. The molecule has 5 rings (SSSR count). The number of hydrogen-bond acceptors (Lipinski definition) is 5. The molecule has 34 heavy (non-hydrogen) atoms. The normalized spacial score (nSPS) is 45.4. The highest BCUT2D eigenvalue weighted by Crippen LogP contribution is 2.68. The zero-order chi connectivity index (χ0) is 24.3. The number of esters is 2. The van der Waals surface area contributed by atoms with Gasteiger partial charge in [0.2, 0.25) is 0 Å². The number of benzene rings is 1. The van der Waals surface area contributed by atoms with Crippen LogP contribution in [-0.2, 0) is 14.3 Å². The first kappa shape index (κ1) is 24.3. The molecule has 0 bridgehead atoms. The van der Waals surface area contributed by atoms with Gasteiger partial charge in [0.1, 0.15) is 12.2 Å². The molecule has 0 aliphatic heterocycles. The molecule has 0 heterocycles. The number of fused-ring (bicyclic) bond motifs is 5. The number of halogens is 1. The molecule has 4 saturated carbocycles. The molecule has 4 aliphatic carbocycles. The quantitative estimate of drug-likeness (QED) is 0.400. The second-order valence-electron chi connectivity index (χ2n) is 11.8. The Balaban J connectivity index is 1.36. The molecular weight excluding hydrogens is 496 g/mol. The van der Waals surface area contributed by atoms with Crippen LogP contribution in [0.25, 0.3) is 0 Å². The van der Waals surface area contributed by atoms with Crippen LogP contribution < -0.4 is 0 Å². The van der Waals surface area contributed by atoms with Crippen LogP contribution in [0.2, 0.25) is 0 Å². The van der Waals surface area contributed by atoms with E-state index in [4.69, 9.17) is 9.47 Å². The summed E-state index contributed by atoms with van der Waals surface area (Å²) in [6, 6.07) is 9.29. The van der Waals surface area contributed by atoms with E-state index in [0.29, 0.717) is 29.7 Å². The molecule has 6 heteroatoms. The number of carbonyl (C=O) groups is 2. The predicted molar refractivity (Wildman–Crippen MR) is 132 cm³/mol. The number of aliphatic hydroxyl groups is 1. The predicted octanol–water partition coefficient (Wildman–Crippen LogP) is 5.67. The standard InChI is InChI=1S/C28H37BrO5/c1-17(30)33-19-11-14-27(3)22-12-13-26(2)21(20(22)15-23(29)28(27,32)16-19)9-10-24(26)34-25(31)18-7-5-4-6-8-18/h4-8,19-24,32H,9-16H2,1-3H3/t19?,20?,21?,22?,23?,24?,26?,27?,28-/m1/s1. The zero-order valence-corrected chi connectivity index (χ0v) is 22.1. The van der Waals surface area contributed by atoms with Crippen LogP contribution in [0, 0.1) is 28.6 Å². The monoisotopic (exact) mass is 532 g/mol. The van der Waals surface area contributed by atoms with E-state index in [0.717, 1.165) is 44.9 Å². The van der Waals surface area contributed by atoms with Gasteiger partial charge in [0.05, 0.1) is 11.2 Å². The Bertz CT molecular complexity index is 951. The third-order valence-corrected chi connectivity index (χ3v) is 11.4. The summed E-state index contributed by atoms with van der Waals surface area (Å²) in [6.07, 6.45) is 6.82. The lowest BCUT2D eigenvalue weighted by atomic mass is 9.43. The summed E-state index contributed by atoms with van der Waals surface area (Å²) < 4.78 is 11.7. The first-order valence-electron chi connectivity index (χ1n) is 12.9. The number of carbonyl (C=O) groups excluding carboxylic acids is 2. The molecule has 8 unspecified atom stereocenters. The van der Waals surface area contributed by atoms with Gasteiger partial charge in [0.25, 0.3) is 0 Å². The van der Waals surface area contributed by atoms with Crippen LogP contribution in [0.1, 0.15) is 82.5 Å². The number of ether oxygens (including phenoxy) is 2. The van der Waals surface area contributed by atoms with E-state index < -0.39 is 5.60 Å². The fourth-order valence-electron chi connectivity index (χ4n) is 8.45. The van der Waals surface area contributed by atoms with Gasteiger partial charge in [0, 0.05) is 29.0 Å². The van der Waals surface area contributed by atoms with Crippen molar-refractivity contribution in [2.75, 3.05) is 0 Å². The van der Waals surface area contributed by atoms with Gasteiger partial charge in [-0.3, -0.25) is 4.79 Å². The Morgan fingerprint density at radius 2 is 1.74 bits per heavy atom. The van der Waals surface area contributed by atoms with Crippen LogP contribution >= 0.6 is 15.9 Å². The highest BCUT2D eigenvalue weighted by molar-refractivity contribution is 9.09. The van der Waals surface area contributed by atoms with Gasteiger partial charge in [-0.2, -0.15) is 0 Å². The maximum Gasteiger partial charge on any atom is 0.338 e. The van der Waals surface area contributed by atoms with Gasteiger partial charge >= 0.3 is 11.9 Å². The summed E-state index contributed by atoms with van der Waals surface area (Å²) >= 11 is 3.90. The van der Waals surface area contributed by atoms with Gasteiger partial charge in [-0.15, -0.1) is 0 Å². The van der Waals surface area contributed by atoms with E-state index >= 15 is 0 Å². The Labute approximate surface area is 211 Å². The van der Waals surface area contributed by atoms with Crippen molar-refractivity contribution in [1.29, 1.82) is 0 Å². The van der Waals surface area contributed by atoms with Crippen molar-refractivity contribution in [1.82, 2.24) is 0 Å². The molecule has 0 saturated heterocycles. The smallest absolute Gasteiger partial charge is 0.338 e. The first-order valence-corrected chi connectivity index (χ1v) is 13.8. The van der Waals surface area contributed by atoms with E-state index in [2.05, 4.69) is 29.8 Å². The van der Waals surface area contributed by atoms with E-state index in [9.17, 15) is 14.7 Å². The fourth-order valence-corrected chi connectivity index (χ4v) is 9.59. The average molecular weight is 534 g/mol. The highest BCUT2D eigenvalue weighted by Gasteiger charge is 2.67. The van der Waals surface area contributed by atoms with Crippen molar-refractivity contribution in [2.24, 2.45) is 28.6 Å². The minimum atomic E-state index is -0.891.